The molecule has 2 aromatic carbocycles. The lowest BCUT2D eigenvalue weighted by molar-refractivity contribution is 0.102. The van der Waals surface area contributed by atoms with Crippen molar-refractivity contribution in [1.82, 2.24) is 0 Å². The lowest BCUT2D eigenvalue weighted by atomic mass is 10.1. The second-order valence-electron chi connectivity index (χ2n) is 5.85. The zero-order valence-corrected chi connectivity index (χ0v) is 13.1. The van der Waals surface area contributed by atoms with Crippen LogP contribution in [0.3, 0.4) is 0 Å². The van der Waals surface area contributed by atoms with Crippen LogP contribution in [0.2, 0.25) is 0 Å². The van der Waals surface area contributed by atoms with Crippen molar-refractivity contribution in [2.24, 2.45) is 0 Å². The smallest absolute Gasteiger partial charge is 0.258 e. The molecule has 0 bridgehead atoms. The highest BCUT2D eigenvalue weighted by Crippen LogP contribution is 2.25. The van der Waals surface area contributed by atoms with Gasteiger partial charge in [0, 0.05) is 5.69 Å². The number of carbonyl (C=O) groups is 1. The molecule has 0 atom stereocenters. The highest BCUT2D eigenvalue weighted by Gasteiger charge is 2.23. The third-order valence-electron chi connectivity index (χ3n) is 4.06. The number of amides is 1. The lowest BCUT2D eigenvalue weighted by Gasteiger charge is -2.13. The first kappa shape index (κ1) is 17.3. The first-order valence-corrected chi connectivity index (χ1v) is 7.87. The Balaban J connectivity index is 1.71. The van der Waals surface area contributed by atoms with Crippen LogP contribution in [0.15, 0.2) is 30.3 Å². The third kappa shape index (κ3) is 3.75. The van der Waals surface area contributed by atoms with E-state index >= 15 is 0 Å². The average Bonchev–Trinajstić information content (AvgIpc) is 3.11. The molecular formula is C18H15F4NO2. The Kier molecular flexibility index (Phi) is 4.92. The highest BCUT2D eigenvalue weighted by atomic mass is 19.2. The second kappa shape index (κ2) is 7.13. The predicted octanol–water partition coefficient (Wildman–Crippen LogP) is 4.82. The highest BCUT2D eigenvalue weighted by molar-refractivity contribution is 6.04. The summed E-state index contributed by atoms with van der Waals surface area (Å²) < 4.78 is 58.7. The van der Waals surface area contributed by atoms with Crippen LogP contribution < -0.4 is 10.1 Å². The molecule has 0 aromatic heterocycles. The molecule has 1 saturated carbocycles. The van der Waals surface area contributed by atoms with Crippen molar-refractivity contribution in [3.05, 3.63) is 59.2 Å². The molecule has 1 aliphatic rings. The number of hydrogen-bond acceptors (Lipinski definition) is 2. The molecule has 0 unspecified atom stereocenters. The van der Waals surface area contributed by atoms with E-state index in [0.29, 0.717) is 11.8 Å². The van der Waals surface area contributed by atoms with Crippen LogP contribution >= 0.6 is 0 Å². The van der Waals surface area contributed by atoms with Gasteiger partial charge < -0.3 is 10.1 Å². The van der Waals surface area contributed by atoms with Gasteiger partial charge in [0.15, 0.2) is 23.3 Å². The number of nitrogens with one attached hydrogen (secondary N) is 1. The molecule has 25 heavy (non-hydrogen) atoms. The van der Waals surface area contributed by atoms with E-state index in [2.05, 4.69) is 5.32 Å². The van der Waals surface area contributed by atoms with Crippen LogP contribution in [-0.2, 0) is 0 Å². The molecule has 1 aliphatic carbocycles. The monoisotopic (exact) mass is 353 g/mol. The summed E-state index contributed by atoms with van der Waals surface area (Å²) in [6.45, 7) is 0. The van der Waals surface area contributed by atoms with E-state index in [1.165, 1.54) is 12.1 Å². The van der Waals surface area contributed by atoms with Gasteiger partial charge in [-0.15, -0.1) is 0 Å². The Morgan fingerprint density at radius 2 is 1.60 bits per heavy atom. The van der Waals surface area contributed by atoms with Gasteiger partial charge in [0.25, 0.3) is 5.91 Å². The van der Waals surface area contributed by atoms with Crippen molar-refractivity contribution in [3.8, 4) is 5.75 Å². The Bertz CT molecular complexity index is 787. The van der Waals surface area contributed by atoms with Gasteiger partial charge in [0.2, 0.25) is 0 Å². The van der Waals surface area contributed by atoms with Crippen molar-refractivity contribution in [2.45, 2.75) is 31.8 Å². The van der Waals surface area contributed by atoms with E-state index in [1.807, 2.05) is 0 Å². The number of ether oxygens (including phenoxy) is 1. The third-order valence-corrected chi connectivity index (χ3v) is 4.06. The minimum atomic E-state index is -2.02. The maximum absolute atomic E-state index is 13.6. The summed E-state index contributed by atoms with van der Waals surface area (Å²) in [5.74, 6) is -7.80. The van der Waals surface area contributed by atoms with Crippen molar-refractivity contribution in [2.75, 3.05) is 5.32 Å². The molecule has 3 nitrogen and oxygen atoms in total. The fraction of sp³-hybridized carbons (Fsp3) is 0.278. The van der Waals surface area contributed by atoms with E-state index < -0.39 is 34.7 Å². The number of benzene rings is 2. The number of anilines is 1. The fourth-order valence-corrected chi connectivity index (χ4v) is 2.75. The van der Waals surface area contributed by atoms with E-state index in [9.17, 15) is 22.4 Å². The summed E-state index contributed by atoms with van der Waals surface area (Å²) in [6.07, 6.45) is 4.45. The normalized spacial score (nSPS) is 14.6. The molecule has 1 amide bonds. The maximum atomic E-state index is 13.6. The summed E-state index contributed by atoms with van der Waals surface area (Å²) in [7, 11) is 0. The minimum absolute atomic E-state index is 0.180. The Morgan fingerprint density at radius 3 is 2.24 bits per heavy atom. The van der Waals surface area contributed by atoms with Gasteiger partial charge in [0.05, 0.1) is 11.7 Å². The van der Waals surface area contributed by atoms with Crippen LogP contribution in [-0.4, -0.2) is 12.0 Å². The van der Waals surface area contributed by atoms with Gasteiger partial charge in [-0.1, -0.05) is 0 Å². The molecule has 0 saturated heterocycles. The molecule has 0 heterocycles. The fourth-order valence-electron chi connectivity index (χ4n) is 2.75. The Hall–Kier alpha value is -2.57. The van der Waals surface area contributed by atoms with Crippen LogP contribution in [0.4, 0.5) is 23.2 Å². The van der Waals surface area contributed by atoms with E-state index in [-0.39, 0.29) is 11.8 Å². The van der Waals surface area contributed by atoms with E-state index in [0.717, 1.165) is 25.7 Å². The average molecular weight is 353 g/mol. The summed E-state index contributed by atoms with van der Waals surface area (Å²) >= 11 is 0. The van der Waals surface area contributed by atoms with Gasteiger partial charge in [0.1, 0.15) is 5.75 Å². The van der Waals surface area contributed by atoms with Crippen molar-refractivity contribution in [3.63, 3.8) is 0 Å². The van der Waals surface area contributed by atoms with Crippen molar-refractivity contribution in [1.29, 1.82) is 0 Å². The molecule has 0 spiro atoms. The largest absolute Gasteiger partial charge is 0.490 e. The van der Waals surface area contributed by atoms with Crippen LogP contribution in [0.25, 0.3) is 0 Å². The van der Waals surface area contributed by atoms with Crippen LogP contribution in [0, 0.1) is 23.3 Å². The number of rotatable bonds is 4. The molecule has 0 aliphatic heterocycles. The van der Waals surface area contributed by atoms with Gasteiger partial charge in [-0.25, -0.2) is 17.6 Å². The van der Waals surface area contributed by atoms with Gasteiger partial charge in [-0.2, -0.15) is 0 Å². The molecule has 2 aromatic rings. The minimum Gasteiger partial charge on any atom is -0.490 e. The quantitative estimate of drug-likeness (QED) is 0.486. The van der Waals surface area contributed by atoms with Gasteiger partial charge in [-0.3, -0.25) is 4.79 Å². The van der Waals surface area contributed by atoms with E-state index in [1.54, 1.807) is 12.1 Å². The Morgan fingerprint density at radius 1 is 0.960 bits per heavy atom. The Labute approximate surface area is 141 Å². The topological polar surface area (TPSA) is 38.3 Å². The molecule has 1 fully saturated rings. The molecule has 132 valence electrons. The zero-order valence-electron chi connectivity index (χ0n) is 13.1. The number of halogens is 4. The van der Waals surface area contributed by atoms with Crippen molar-refractivity contribution < 1.29 is 27.1 Å². The van der Waals surface area contributed by atoms with Gasteiger partial charge >= 0.3 is 0 Å². The molecule has 1 N–H and O–H groups in total. The molecule has 0 radical (unpaired) electrons. The summed E-state index contributed by atoms with van der Waals surface area (Å²) in [5, 5.41) is 2.30. The summed E-state index contributed by atoms with van der Waals surface area (Å²) in [6, 6.07) is 6.64. The number of hydrogen-bond donors (Lipinski definition) is 1. The zero-order chi connectivity index (χ0) is 18.0. The standard InChI is InChI=1S/C18H15F4NO2/c19-14-9-13(15(20)17(22)16(14)21)18(24)23-10-5-7-12(8-6-10)25-11-3-1-2-4-11/h5-9,11H,1-4H2,(H,23,24). The van der Waals surface area contributed by atoms with Crippen molar-refractivity contribution >= 4 is 11.6 Å². The molecule has 7 heteroatoms. The molecular weight excluding hydrogens is 338 g/mol. The second-order valence-corrected chi connectivity index (χ2v) is 5.85. The maximum Gasteiger partial charge on any atom is 0.258 e. The first-order valence-electron chi connectivity index (χ1n) is 7.87. The molecule has 3 rings (SSSR count). The summed E-state index contributed by atoms with van der Waals surface area (Å²) in [5.41, 5.74) is -0.629. The lowest BCUT2D eigenvalue weighted by Crippen LogP contribution is -2.16. The van der Waals surface area contributed by atoms with Crippen LogP contribution in [0.1, 0.15) is 36.0 Å². The van der Waals surface area contributed by atoms with Crippen LogP contribution in [0.5, 0.6) is 5.75 Å². The predicted molar refractivity (Wildman–Crippen MR) is 83.6 cm³/mol. The summed E-state index contributed by atoms with van der Waals surface area (Å²) in [4.78, 5) is 12.0. The van der Waals surface area contributed by atoms with E-state index in [4.69, 9.17) is 4.74 Å². The SMILES string of the molecule is O=C(Nc1ccc(OC2CCCC2)cc1)c1cc(F)c(F)c(F)c1F. The number of carbonyl (C=O) groups excluding carboxylic acids is 1. The first-order chi connectivity index (χ1) is 12.0. The van der Waals surface area contributed by atoms with Gasteiger partial charge in [-0.05, 0) is 56.0 Å².